The van der Waals surface area contributed by atoms with Crippen molar-refractivity contribution in [1.29, 1.82) is 0 Å². The molecule has 0 radical (unpaired) electrons. The number of phenolic OH excluding ortho intramolecular Hbond substituents is 1. The van der Waals surface area contributed by atoms with Crippen LogP contribution in [0.1, 0.15) is 29.5 Å². The number of primary amides is 1. The van der Waals surface area contributed by atoms with Gasteiger partial charge in [0, 0.05) is 36.6 Å². The third kappa shape index (κ3) is 3.36. The number of carbonyl (C=O) groups is 3. The number of aromatic nitrogens is 1. The number of amides is 1. The zero-order valence-corrected chi connectivity index (χ0v) is 19.5. The summed E-state index contributed by atoms with van der Waals surface area (Å²) in [6.07, 6.45) is 2.06. The molecule has 2 aromatic rings. The molecule has 36 heavy (non-hydrogen) atoms. The molecular weight excluding hydrogens is 468 g/mol. The monoisotopic (exact) mass is 494 g/mol. The number of nitrogens with zero attached hydrogens (tertiary/aromatic N) is 1. The molecule has 0 bridgehead atoms. The highest BCUT2D eigenvalue weighted by Gasteiger charge is 2.63. The molecule has 188 valence electrons. The number of fused-ring (bicyclic) bond motifs is 3. The molecule has 0 saturated heterocycles. The number of hydrogen-bond donors (Lipinski definition) is 5. The Hall–Kier alpha value is -3.60. The maximum atomic E-state index is 13.6. The number of benzene rings is 1. The maximum absolute atomic E-state index is 13.6. The van der Waals surface area contributed by atoms with Gasteiger partial charge in [-0.15, -0.1) is 0 Å². The second-order valence-electron chi connectivity index (χ2n) is 9.74. The van der Waals surface area contributed by atoms with Crippen LogP contribution >= 0.6 is 0 Å². The Labute approximate surface area is 206 Å². The van der Waals surface area contributed by atoms with Crippen molar-refractivity contribution in [2.24, 2.45) is 23.5 Å². The van der Waals surface area contributed by atoms with Crippen LogP contribution in [-0.2, 0) is 32.1 Å². The zero-order chi connectivity index (χ0) is 25.9. The first-order chi connectivity index (χ1) is 17.1. The van der Waals surface area contributed by atoms with Crippen molar-refractivity contribution < 1.29 is 39.5 Å². The first-order valence-corrected chi connectivity index (χ1v) is 11.6. The van der Waals surface area contributed by atoms with Crippen molar-refractivity contribution >= 4 is 23.2 Å². The summed E-state index contributed by atoms with van der Waals surface area (Å²) in [6.45, 7) is 0.344. The maximum Gasteiger partial charge on any atom is 0.230 e. The van der Waals surface area contributed by atoms with Gasteiger partial charge in [-0.25, -0.2) is 0 Å². The van der Waals surface area contributed by atoms with Gasteiger partial charge in [0.15, 0.2) is 11.4 Å². The molecule has 1 aromatic heterocycles. The van der Waals surface area contributed by atoms with Crippen molar-refractivity contribution in [3.8, 4) is 16.9 Å². The number of nitrogens with two attached hydrogens (primary N) is 1. The Morgan fingerprint density at radius 1 is 1.22 bits per heavy atom. The molecule has 5 atom stereocenters. The first kappa shape index (κ1) is 24.1. The molecule has 1 heterocycles. The summed E-state index contributed by atoms with van der Waals surface area (Å²) in [5.74, 6) is -7.37. The number of aromatic hydroxyl groups is 1. The number of carbonyl (C=O) groups excluding carboxylic acids is 3. The van der Waals surface area contributed by atoms with E-state index in [9.17, 15) is 34.8 Å². The topological polar surface area (TPSA) is 180 Å². The van der Waals surface area contributed by atoms with E-state index in [0.717, 1.165) is 11.1 Å². The van der Waals surface area contributed by atoms with E-state index >= 15 is 0 Å². The van der Waals surface area contributed by atoms with E-state index in [2.05, 4.69) is 4.98 Å². The summed E-state index contributed by atoms with van der Waals surface area (Å²) in [7, 11) is 1.57. The number of Topliss-reactive ketones (excluding diaryl/α,β-unsaturated/α-hetero) is 2. The minimum atomic E-state index is -2.60. The van der Waals surface area contributed by atoms with Crippen LogP contribution in [0.15, 0.2) is 36.2 Å². The van der Waals surface area contributed by atoms with Crippen molar-refractivity contribution in [1.82, 2.24) is 4.98 Å². The second-order valence-corrected chi connectivity index (χ2v) is 9.74. The number of aliphatic hydroxyl groups excluding tert-OH is 2. The molecule has 5 rings (SSSR count). The van der Waals surface area contributed by atoms with Gasteiger partial charge in [0.2, 0.25) is 11.7 Å². The molecule has 10 nitrogen and oxygen atoms in total. The van der Waals surface area contributed by atoms with Crippen molar-refractivity contribution in [3.63, 3.8) is 0 Å². The summed E-state index contributed by atoms with van der Waals surface area (Å²) in [4.78, 5) is 42.7. The molecule has 0 spiro atoms. The van der Waals surface area contributed by atoms with E-state index in [0.29, 0.717) is 17.7 Å². The Kier molecular flexibility index (Phi) is 5.70. The fraction of sp³-hybridized carbons (Fsp3) is 0.385. The van der Waals surface area contributed by atoms with Crippen LogP contribution in [0.5, 0.6) is 5.75 Å². The van der Waals surface area contributed by atoms with Gasteiger partial charge in [-0.1, -0.05) is 6.07 Å². The highest BCUT2D eigenvalue weighted by atomic mass is 16.5. The Balaban J connectivity index is 1.65. The van der Waals surface area contributed by atoms with Crippen molar-refractivity contribution in [2.45, 2.75) is 37.6 Å². The molecule has 1 aromatic carbocycles. The highest BCUT2D eigenvalue weighted by Crippen LogP contribution is 2.52. The van der Waals surface area contributed by atoms with Crippen LogP contribution in [0.3, 0.4) is 0 Å². The third-order valence-electron chi connectivity index (χ3n) is 7.68. The normalized spacial score (nSPS) is 29.4. The molecule has 1 amide bonds. The van der Waals surface area contributed by atoms with E-state index in [1.165, 1.54) is 6.07 Å². The van der Waals surface area contributed by atoms with Crippen molar-refractivity contribution in [3.05, 3.63) is 52.9 Å². The number of pyridine rings is 1. The Morgan fingerprint density at radius 3 is 2.67 bits per heavy atom. The molecule has 10 heteroatoms. The van der Waals surface area contributed by atoms with E-state index in [1.54, 1.807) is 25.6 Å². The Bertz CT molecular complexity index is 1340. The largest absolute Gasteiger partial charge is 0.507 e. The first-order valence-electron chi connectivity index (χ1n) is 11.6. The predicted octanol–water partition coefficient (Wildman–Crippen LogP) is 0.797. The molecule has 3 aliphatic carbocycles. The summed E-state index contributed by atoms with van der Waals surface area (Å²) in [5.41, 5.74) is 5.38. The summed E-state index contributed by atoms with van der Waals surface area (Å²) >= 11 is 0. The van der Waals surface area contributed by atoms with Crippen LogP contribution < -0.4 is 5.73 Å². The summed E-state index contributed by atoms with van der Waals surface area (Å²) < 4.78 is 5.18. The molecule has 6 N–H and O–H groups in total. The zero-order valence-electron chi connectivity index (χ0n) is 19.5. The smallest absolute Gasteiger partial charge is 0.230 e. The molecule has 0 aliphatic heterocycles. The molecular formula is C26H26N2O8. The minimum absolute atomic E-state index is 0.0426. The second kappa shape index (κ2) is 8.51. The summed E-state index contributed by atoms with van der Waals surface area (Å²) in [5, 5.41) is 43.6. The van der Waals surface area contributed by atoms with Gasteiger partial charge in [-0.2, -0.15) is 0 Å². The van der Waals surface area contributed by atoms with E-state index in [4.69, 9.17) is 10.5 Å². The van der Waals surface area contributed by atoms with Gasteiger partial charge in [0.1, 0.15) is 17.4 Å². The van der Waals surface area contributed by atoms with Gasteiger partial charge in [0.05, 0.1) is 18.3 Å². The lowest BCUT2D eigenvalue weighted by Gasteiger charge is -2.48. The lowest BCUT2D eigenvalue weighted by atomic mass is 9.56. The van der Waals surface area contributed by atoms with E-state index in [1.807, 2.05) is 6.07 Å². The average molecular weight is 495 g/mol. The van der Waals surface area contributed by atoms with Gasteiger partial charge in [0.25, 0.3) is 0 Å². The lowest BCUT2D eigenvalue weighted by molar-refractivity contribution is -0.174. The number of ether oxygens (including phenoxy) is 1. The highest BCUT2D eigenvalue weighted by molar-refractivity contribution is 6.24. The number of phenols is 1. The average Bonchev–Trinajstić information content (AvgIpc) is 2.81. The van der Waals surface area contributed by atoms with E-state index < -0.39 is 52.7 Å². The fourth-order valence-electron chi connectivity index (χ4n) is 6.08. The van der Waals surface area contributed by atoms with Crippen LogP contribution in [0.4, 0.5) is 0 Å². The molecule has 2 saturated carbocycles. The van der Waals surface area contributed by atoms with Gasteiger partial charge < -0.3 is 30.9 Å². The van der Waals surface area contributed by atoms with Gasteiger partial charge in [-0.05, 0) is 54.0 Å². The van der Waals surface area contributed by atoms with Crippen LogP contribution in [0.25, 0.3) is 16.9 Å². The lowest BCUT2D eigenvalue weighted by Crippen LogP contribution is -2.66. The number of hydrogen-bond acceptors (Lipinski definition) is 9. The van der Waals surface area contributed by atoms with Crippen LogP contribution in [0.2, 0.25) is 0 Å². The predicted molar refractivity (Wildman–Crippen MR) is 125 cm³/mol. The number of ketones is 2. The quantitative estimate of drug-likeness (QED) is 0.384. The number of rotatable bonds is 4. The molecule has 2 unspecified atom stereocenters. The van der Waals surface area contributed by atoms with Crippen LogP contribution in [0, 0.1) is 17.8 Å². The van der Waals surface area contributed by atoms with Crippen molar-refractivity contribution in [2.75, 3.05) is 7.11 Å². The Morgan fingerprint density at radius 2 is 1.97 bits per heavy atom. The van der Waals surface area contributed by atoms with Gasteiger partial charge in [-0.3, -0.25) is 19.4 Å². The summed E-state index contributed by atoms with van der Waals surface area (Å²) in [6, 6.07) is 4.97. The molecule has 3 aliphatic rings. The number of aliphatic hydroxyl groups is 3. The van der Waals surface area contributed by atoms with E-state index in [-0.39, 0.29) is 36.1 Å². The molecule has 2 fully saturated rings. The third-order valence-corrected chi connectivity index (χ3v) is 7.68. The fourth-order valence-corrected chi connectivity index (χ4v) is 6.08. The number of methoxy groups -OCH3 is 1. The van der Waals surface area contributed by atoms with Crippen LogP contribution in [-0.4, -0.2) is 61.7 Å². The SMILES string of the molecule is COCc1cncc(-c2ccc(O)c3c2C[C@H]2C[C@H]4CC(O)C(C(N)=O)C(=O)[C@@]4(O)C(=O)C2=C3O)c1. The minimum Gasteiger partial charge on any atom is -0.507 e. The standard InChI is InChI=1S/C26H26N2O8/c1-36-10-11-4-13(9-28-8-11)15-2-3-17(29)20-16(15)6-12-5-14-7-18(30)21(25(27)34)24(33)26(14,35)23(32)19(12)22(20)31/h2-4,8-9,12,14,18,21,29-31,35H,5-7,10H2,1H3,(H2,27,34)/t12-,14+,18?,21?,26+/m1/s1. The van der Waals surface area contributed by atoms with Gasteiger partial charge >= 0.3 is 0 Å².